The molecule has 0 aromatic heterocycles. The highest BCUT2D eigenvalue weighted by molar-refractivity contribution is 5.76. The lowest BCUT2D eigenvalue weighted by atomic mass is 10.1. The average molecular weight is 227 g/mol. The third kappa shape index (κ3) is 2.24. The molecule has 1 rings (SSSR count). The van der Waals surface area contributed by atoms with E-state index in [1.165, 1.54) is 6.07 Å². The van der Waals surface area contributed by atoms with Gasteiger partial charge in [-0.1, -0.05) is 0 Å². The van der Waals surface area contributed by atoms with Crippen molar-refractivity contribution in [3.05, 3.63) is 33.9 Å². The van der Waals surface area contributed by atoms with Crippen molar-refractivity contribution in [1.82, 2.24) is 0 Å². The highest BCUT2D eigenvalue weighted by atomic mass is 16.6. The van der Waals surface area contributed by atoms with Crippen molar-refractivity contribution >= 4 is 17.3 Å². The number of hydrogen-bond donors (Lipinski definition) is 4. The Morgan fingerprint density at radius 2 is 2.19 bits per heavy atom. The molecule has 0 saturated carbocycles. The van der Waals surface area contributed by atoms with Gasteiger partial charge in [0.05, 0.1) is 10.5 Å². The highest BCUT2D eigenvalue weighted by Crippen LogP contribution is 2.28. The van der Waals surface area contributed by atoms with Crippen molar-refractivity contribution < 1.29 is 19.9 Å². The number of anilines is 1. The fourth-order valence-electron chi connectivity index (χ4n) is 1.16. The molecule has 0 spiro atoms. The summed E-state index contributed by atoms with van der Waals surface area (Å²) in [6, 6.07) is 3.48. The summed E-state index contributed by atoms with van der Waals surface area (Å²) in [5.74, 6) is 3.50. The molecular weight excluding hydrogens is 218 g/mol. The van der Waals surface area contributed by atoms with E-state index in [0.717, 1.165) is 12.1 Å². The van der Waals surface area contributed by atoms with Gasteiger partial charge in [0.25, 0.3) is 5.69 Å². The lowest BCUT2D eigenvalue weighted by Crippen LogP contribution is -2.14. The molecule has 1 aromatic rings. The number of rotatable bonds is 4. The molecule has 1 aromatic carbocycles. The van der Waals surface area contributed by atoms with Gasteiger partial charge in [0.2, 0.25) is 0 Å². The maximum absolute atomic E-state index is 10.6. The minimum Gasteiger partial charge on any atom is -0.479 e. The first-order valence-corrected chi connectivity index (χ1v) is 4.13. The molecule has 1 atom stereocenters. The molecule has 0 radical (unpaired) electrons. The molecular formula is C8H9N3O5. The number of carboxylic acid groups (broad SMARTS) is 1. The van der Waals surface area contributed by atoms with Gasteiger partial charge in [0.15, 0.2) is 6.10 Å². The number of nitrogens with one attached hydrogen (secondary N) is 1. The van der Waals surface area contributed by atoms with E-state index in [4.69, 9.17) is 10.9 Å². The zero-order chi connectivity index (χ0) is 12.3. The van der Waals surface area contributed by atoms with Crippen LogP contribution in [0.4, 0.5) is 11.4 Å². The molecule has 0 aliphatic rings. The fourth-order valence-corrected chi connectivity index (χ4v) is 1.16. The molecule has 0 aliphatic heterocycles. The maximum Gasteiger partial charge on any atom is 0.337 e. The number of nitro groups is 1. The fraction of sp³-hybridized carbons (Fsp3) is 0.125. The topological polar surface area (TPSA) is 139 Å². The van der Waals surface area contributed by atoms with Gasteiger partial charge in [-0.15, -0.1) is 0 Å². The van der Waals surface area contributed by atoms with Crippen LogP contribution in [0.25, 0.3) is 0 Å². The van der Waals surface area contributed by atoms with E-state index in [9.17, 15) is 20.0 Å². The molecule has 8 heteroatoms. The summed E-state index contributed by atoms with van der Waals surface area (Å²) in [5.41, 5.74) is 1.66. The zero-order valence-electron chi connectivity index (χ0n) is 7.95. The first-order chi connectivity index (χ1) is 7.47. The van der Waals surface area contributed by atoms with Crippen molar-refractivity contribution in [2.24, 2.45) is 5.84 Å². The van der Waals surface area contributed by atoms with Gasteiger partial charge in [-0.25, -0.2) is 4.79 Å². The molecule has 0 heterocycles. The van der Waals surface area contributed by atoms with Gasteiger partial charge in [-0.2, -0.15) is 0 Å². The summed E-state index contributed by atoms with van der Waals surface area (Å²) in [6.07, 6.45) is -1.96. The van der Waals surface area contributed by atoms with Crippen LogP contribution in [0.2, 0.25) is 0 Å². The van der Waals surface area contributed by atoms with E-state index in [-0.39, 0.29) is 11.3 Å². The molecule has 16 heavy (non-hydrogen) atoms. The molecule has 86 valence electrons. The zero-order valence-corrected chi connectivity index (χ0v) is 7.95. The number of nitrogens with two attached hydrogens (primary N) is 1. The molecule has 1 unspecified atom stereocenters. The normalized spacial score (nSPS) is 11.9. The van der Waals surface area contributed by atoms with Crippen LogP contribution in [0, 0.1) is 10.1 Å². The Labute approximate surface area is 89.4 Å². The number of nitrogen functional groups attached to an aromatic ring is 1. The number of aliphatic hydroxyl groups is 1. The Morgan fingerprint density at radius 3 is 2.62 bits per heavy atom. The number of carboxylic acids is 1. The van der Waals surface area contributed by atoms with Crippen molar-refractivity contribution in [1.29, 1.82) is 0 Å². The molecule has 0 bridgehead atoms. The van der Waals surface area contributed by atoms with Gasteiger partial charge in [0, 0.05) is 11.8 Å². The van der Waals surface area contributed by atoms with Gasteiger partial charge in [-0.05, 0) is 12.1 Å². The third-order valence-corrected chi connectivity index (χ3v) is 1.92. The predicted molar refractivity (Wildman–Crippen MR) is 53.5 cm³/mol. The Balaban J connectivity index is 3.30. The average Bonchev–Trinajstić information content (AvgIpc) is 2.26. The van der Waals surface area contributed by atoms with Crippen LogP contribution in [0.15, 0.2) is 18.2 Å². The molecule has 0 amide bonds. The maximum atomic E-state index is 10.6. The number of nitro benzene ring substituents is 1. The van der Waals surface area contributed by atoms with E-state index in [0.29, 0.717) is 0 Å². The van der Waals surface area contributed by atoms with Crippen molar-refractivity contribution in [2.45, 2.75) is 6.10 Å². The predicted octanol–water partition coefficient (Wildman–Crippen LogP) is -0.00160. The van der Waals surface area contributed by atoms with Gasteiger partial charge >= 0.3 is 5.97 Å². The van der Waals surface area contributed by atoms with Crippen molar-refractivity contribution in [3.8, 4) is 0 Å². The standard InChI is InChI=1S/C8H9N3O5/c9-10-4-1-2-6(11(15)16)5(3-4)7(12)8(13)14/h1-3,7,10,12H,9H2,(H,13,14). The molecule has 0 fully saturated rings. The molecule has 0 aliphatic carbocycles. The number of carbonyl (C=O) groups is 1. The van der Waals surface area contributed by atoms with E-state index < -0.39 is 22.7 Å². The van der Waals surface area contributed by atoms with Crippen LogP contribution in [-0.4, -0.2) is 21.1 Å². The van der Waals surface area contributed by atoms with Crippen LogP contribution >= 0.6 is 0 Å². The van der Waals surface area contributed by atoms with Gasteiger partial charge in [0.1, 0.15) is 0 Å². The summed E-state index contributed by atoms with van der Waals surface area (Å²) < 4.78 is 0. The van der Waals surface area contributed by atoms with E-state index in [2.05, 4.69) is 5.43 Å². The number of nitrogens with zero attached hydrogens (tertiary/aromatic N) is 1. The highest BCUT2D eigenvalue weighted by Gasteiger charge is 2.25. The molecule has 8 nitrogen and oxygen atoms in total. The monoisotopic (exact) mass is 227 g/mol. The SMILES string of the molecule is NNc1ccc([N+](=O)[O-])c(C(O)C(=O)O)c1. The van der Waals surface area contributed by atoms with E-state index in [1.807, 2.05) is 0 Å². The minimum atomic E-state index is -1.96. The van der Waals surface area contributed by atoms with Crippen LogP contribution in [-0.2, 0) is 4.79 Å². The lowest BCUT2D eigenvalue weighted by molar-refractivity contribution is -0.386. The summed E-state index contributed by atoms with van der Waals surface area (Å²) >= 11 is 0. The van der Waals surface area contributed by atoms with E-state index >= 15 is 0 Å². The number of aliphatic hydroxyl groups excluding tert-OH is 1. The second-order valence-electron chi connectivity index (χ2n) is 2.92. The second kappa shape index (κ2) is 4.55. The molecule has 5 N–H and O–H groups in total. The van der Waals surface area contributed by atoms with Gasteiger partial charge in [-0.3, -0.25) is 16.0 Å². The minimum absolute atomic E-state index is 0.265. The summed E-state index contributed by atoms with van der Waals surface area (Å²) in [6.45, 7) is 0. The van der Waals surface area contributed by atoms with Crippen LogP contribution in [0.3, 0.4) is 0 Å². The Hall–Kier alpha value is -2.19. The quantitative estimate of drug-likeness (QED) is 0.322. The van der Waals surface area contributed by atoms with Gasteiger partial charge < -0.3 is 15.6 Å². The summed E-state index contributed by atoms with van der Waals surface area (Å²) in [4.78, 5) is 20.4. The summed E-state index contributed by atoms with van der Waals surface area (Å²) in [5, 5.41) is 28.5. The third-order valence-electron chi connectivity index (χ3n) is 1.92. The van der Waals surface area contributed by atoms with Crippen molar-refractivity contribution in [3.63, 3.8) is 0 Å². The smallest absolute Gasteiger partial charge is 0.337 e. The lowest BCUT2D eigenvalue weighted by Gasteiger charge is -2.08. The molecule has 0 saturated heterocycles. The second-order valence-corrected chi connectivity index (χ2v) is 2.92. The Morgan fingerprint density at radius 1 is 1.56 bits per heavy atom. The van der Waals surface area contributed by atoms with Crippen LogP contribution in [0.1, 0.15) is 11.7 Å². The van der Waals surface area contributed by atoms with Crippen molar-refractivity contribution in [2.75, 3.05) is 5.43 Å². The first kappa shape index (κ1) is 11.9. The Kier molecular flexibility index (Phi) is 3.38. The largest absolute Gasteiger partial charge is 0.479 e. The van der Waals surface area contributed by atoms with E-state index in [1.54, 1.807) is 0 Å². The summed E-state index contributed by atoms with van der Waals surface area (Å²) in [7, 11) is 0. The number of hydrogen-bond acceptors (Lipinski definition) is 6. The number of hydrazine groups is 1. The van der Waals surface area contributed by atoms with Crippen LogP contribution in [0.5, 0.6) is 0 Å². The number of benzene rings is 1. The Bertz CT molecular complexity index is 434. The van der Waals surface area contributed by atoms with Crippen LogP contribution < -0.4 is 11.3 Å². The first-order valence-electron chi connectivity index (χ1n) is 4.13. The number of aliphatic carboxylic acids is 1.